The molecule has 1 unspecified atom stereocenters. The number of anilines is 1. The predicted molar refractivity (Wildman–Crippen MR) is 113 cm³/mol. The van der Waals surface area contributed by atoms with Gasteiger partial charge in [-0.2, -0.15) is 9.78 Å². The second kappa shape index (κ2) is 7.34. The van der Waals surface area contributed by atoms with Crippen molar-refractivity contribution < 1.29 is 19.0 Å². The number of carbonyl (C=O) groups excluding carboxylic acids is 1. The Hall–Kier alpha value is -3.59. The van der Waals surface area contributed by atoms with Gasteiger partial charge in [0.1, 0.15) is 18.2 Å². The summed E-state index contributed by atoms with van der Waals surface area (Å²) in [7, 11) is 1.63. The van der Waals surface area contributed by atoms with E-state index < -0.39 is 6.10 Å². The molecule has 2 aromatic heterocycles. The zero-order valence-electron chi connectivity index (χ0n) is 16.3. The van der Waals surface area contributed by atoms with Crippen molar-refractivity contribution in [2.45, 2.75) is 13.0 Å². The van der Waals surface area contributed by atoms with E-state index in [0.29, 0.717) is 22.4 Å². The van der Waals surface area contributed by atoms with E-state index in [1.165, 1.54) is 11.3 Å². The molecule has 0 fully saturated rings. The van der Waals surface area contributed by atoms with Gasteiger partial charge in [0.05, 0.1) is 23.0 Å². The Balaban J connectivity index is 1.41. The molecule has 152 valence electrons. The molecule has 0 aliphatic carbocycles. The fourth-order valence-electron chi connectivity index (χ4n) is 3.20. The first-order valence-electron chi connectivity index (χ1n) is 9.32. The van der Waals surface area contributed by atoms with Crippen LogP contribution in [0.1, 0.15) is 5.69 Å². The van der Waals surface area contributed by atoms with Gasteiger partial charge in [0.25, 0.3) is 5.91 Å². The highest BCUT2D eigenvalue weighted by Crippen LogP contribution is 2.32. The number of methoxy groups -OCH3 is 1. The summed E-state index contributed by atoms with van der Waals surface area (Å²) in [6.07, 6.45) is -0.761. The van der Waals surface area contributed by atoms with Gasteiger partial charge in [-0.05, 0) is 37.3 Å². The maximum atomic E-state index is 12.8. The summed E-state index contributed by atoms with van der Waals surface area (Å²) in [5.74, 6) is 2.15. The van der Waals surface area contributed by atoms with Gasteiger partial charge in [-0.1, -0.05) is 23.5 Å². The Labute approximate surface area is 176 Å². The molecular formula is C21H18N4O4S. The van der Waals surface area contributed by atoms with Crippen molar-refractivity contribution in [1.82, 2.24) is 14.8 Å². The summed E-state index contributed by atoms with van der Waals surface area (Å²) in [5.41, 5.74) is 1.59. The van der Waals surface area contributed by atoms with Crippen molar-refractivity contribution in [2.24, 2.45) is 0 Å². The molecule has 5 rings (SSSR count). The Morgan fingerprint density at radius 3 is 2.90 bits per heavy atom. The van der Waals surface area contributed by atoms with Crippen molar-refractivity contribution in [3.8, 4) is 22.4 Å². The minimum Gasteiger partial charge on any atom is -0.497 e. The minimum atomic E-state index is -0.761. The minimum absolute atomic E-state index is 0.136. The average molecular weight is 422 g/mol. The van der Waals surface area contributed by atoms with Crippen molar-refractivity contribution >= 4 is 33.3 Å². The summed E-state index contributed by atoms with van der Waals surface area (Å²) >= 11 is 1.46. The quantitative estimate of drug-likeness (QED) is 0.541. The summed E-state index contributed by atoms with van der Waals surface area (Å²) in [4.78, 5) is 17.5. The van der Waals surface area contributed by atoms with Gasteiger partial charge in [0, 0.05) is 6.07 Å². The van der Waals surface area contributed by atoms with Gasteiger partial charge >= 0.3 is 0 Å². The van der Waals surface area contributed by atoms with Crippen LogP contribution in [0.25, 0.3) is 15.3 Å². The fraction of sp³-hybridized carbons (Fsp3) is 0.190. The fourth-order valence-corrected chi connectivity index (χ4v) is 4.16. The predicted octanol–water partition coefficient (Wildman–Crippen LogP) is 3.58. The third-order valence-corrected chi connectivity index (χ3v) is 5.64. The number of carbonyl (C=O) groups is 1. The number of nitrogens with one attached hydrogen (secondary N) is 1. The van der Waals surface area contributed by atoms with Crippen molar-refractivity contribution in [1.29, 1.82) is 0 Å². The van der Waals surface area contributed by atoms with E-state index in [2.05, 4.69) is 15.4 Å². The van der Waals surface area contributed by atoms with E-state index in [1.54, 1.807) is 23.9 Å². The van der Waals surface area contributed by atoms with Gasteiger partial charge in [0.2, 0.25) is 11.2 Å². The van der Waals surface area contributed by atoms with Crippen LogP contribution in [0.3, 0.4) is 0 Å². The summed E-state index contributed by atoms with van der Waals surface area (Å²) in [6, 6.07) is 14.8. The first-order valence-corrected chi connectivity index (χ1v) is 10.1. The first kappa shape index (κ1) is 18.4. The monoisotopic (exact) mass is 422 g/mol. The topological polar surface area (TPSA) is 87.5 Å². The largest absolute Gasteiger partial charge is 0.497 e. The number of nitrogens with zero attached hydrogens (tertiary/aromatic N) is 3. The molecule has 4 aromatic rings. The zero-order chi connectivity index (χ0) is 20.7. The van der Waals surface area contributed by atoms with Crippen molar-refractivity contribution in [3.05, 3.63) is 54.2 Å². The molecule has 1 N–H and O–H groups in total. The van der Waals surface area contributed by atoms with Crippen LogP contribution in [-0.2, 0) is 4.79 Å². The highest BCUT2D eigenvalue weighted by atomic mass is 32.1. The number of aryl methyl sites for hydroxylation is 1. The Kier molecular flexibility index (Phi) is 4.51. The molecule has 0 bridgehead atoms. The van der Waals surface area contributed by atoms with Gasteiger partial charge in [0.15, 0.2) is 11.5 Å². The van der Waals surface area contributed by atoms with Crippen LogP contribution in [0.2, 0.25) is 0 Å². The number of thiazole rings is 1. The van der Waals surface area contributed by atoms with Gasteiger partial charge in [-0.15, -0.1) is 0 Å². The molecule has 0 spiro atoms. The number of rotatable bonds is 4. The second-order valence-corrected chi connectivity index (χ2v) is 7.78. The van der Waals surface area contributed by atoms with E-state index >= 15 is 0 Å². The molecule has 1 aliphatic heterocycles. The van der Waals surface area contributed by atoms with Crippen LogP contribution in [-0.4, -0.2) is 40.5 Å². The van der Waals surface area contributed by atoms with Crippen LogP contribution >= 0.6 is 11.3 Å². The van der Waals surface area contributed by atoms with Crippen LogP contribution in [0, 0.1) is 6.92 Å². The lowest BCUT2D eigenvalue weighted by molar-refractivity contribution is -0.125. The Morgan fingerprint density at radius 2 is 2.07 bits per heavy atom. The smallest absolute Gasteiger partial charge is 0.270 e. The highest BCUT2D eigenvalue weighted by Gasteiger charge is 2.28. The summed E-state index contributed by atoms with van der Waals surface area (Å²) in [5, 5.41) is 8.04. The second-order valence-electron chi connectivity index (χ2n) is 6.77. The Morgan fingerprint density at radius 1 is 1.23 bits per heavy atom. The lowest BCUT2D eigenvalue weighted by Crippen LogP contribution is -2.40. The molecule has 1 aliphatic rings. The van der Waals surface area contributed by atoms with Gasteiger partial charge < -0.3 is 19.5 Å². The zero-order valence-corrected chi connectivity index (χ0v) is 17.1. The molecule has 0 radical (unpaired) electrons. The summed E-state index contributed by atoms with van der Waals surface area (Å²) < 4.78 is 19.3. The van der Waals surface area contributed by atoms with Crippen molar-refractivity contribution in [3.63, 3.8) is 0 Å². The molecule has 1 atom stereocenters. The molecule has 9 heteroatoms. The standard InChI is InChI=1S/C21H18N4O4S/c1-12-9-19(23-20(26)17-11-28-15-5-3-4-6-16(15)29-17)25(24-12)21-22-14-8-7-13(27-2)10-18(14)30-21/h3-10,17H,11H2,1-2H3,(H,23,26). The third kappa shape index (κ3) is 3.33. The molecule has 30 heavy (non-hydrogen) atoms. The lowest BCUT2D eigenvalue weighted by Gasteiger charge is -2.25. The molecule has 8 nitrogen and oxygen atoms in total. The molecule has 0 saturated heterocycles. The number of aromatic nitrogens is 3. The van der Waals surface area contributed by atoms with E-state index in [4.69, 9.17) is 14.2 Å². The number of benzene rings is 2. The first-order chi connectivity index (χ1) is 14.6. The SMILES string of the molecule is COc1ccc2nc(-n3nc(C)cc3NC(=O)C3COc4ccccc4O3)sc2c1. The van der Waals surface area contributed by atoms with Gasteiger partial charge in [-0.3, -0.25) is 4.79 Å². The Bertz CT molecular complexity index is 1250. The van der Waals surface area contributed by atoms with E-state index in [1.807, 2.05) is 43.3 Å². The third-order valence-electron chi connectivity index (χ3n) is 4.65. The van der Waals surface area contributed by atoms with Crippen LogP contribution < -0.4 is 19.5 Å². The average Bonchev–Trinajstić information content (AvgIpc) is 3.35. The lowest BCUT2D eigenvalue weighted by atomic mass is 10.2. The van der Waals surface area contributed by atoms with Crippen molar-refractivity contribution in [2.75, 3.05) is 19.0 Å². The number of hydrogen-bond acceptors (Lipinski definition) is 7. The van der Waals surface area contributed by atoms with Crippen LogP contribution in [0.4, 0.5) is 5.82 Å². The number of ether oxygens (including phenoxy) is 3. The van der Waals surface area contributed by atoms with E-state index in [-0.39, 0.29) is 12.5 Å². The number of amides is 1. The maximum Gasteiger partial charge on any atom is 0.270 e. The van der Waals surface area contributed by atoms with Crippen LogP contribution in [0.5, 0.6) is 17.2 Å². The number of hydrogen-bond donors (Lipinski definition) is 1. The molecule has 2 aromatic carbocycles. The number of fused-ring (bicyclic) bond motifs is 2. The number of para-hydroxylation sites is 2. The summed E-state index contributed by atoms with van der Waals surface area (Å²) in [6.45, 7) is 2.00. The van der Waals surface area contributed by atoms with Crippen LogP contribution in [0.15, 0.2) is 48.5 Å². The maximum absolute atomic E-state index is 12.8. The van der Waals surface area contributed by atoms with E-state index in [0.717, 1.165) is 21.7 Å². The molecule has 1 amide bonds. The van der Waals surface area contributed by atoms with E-state index in [9.17, 15) is 4.79 Å². The molecule has 3 heterocycles. The normalized spacial score (nSPS) is 15.2. The molecule has 0 saturated carbocycles. The molecular weight excluding hydrogens is 404 g/mol. The highest BCUT2D eigenvalue weighted by molar-refractivity contribution is 7.20. The van der Waals surface area contributed by atoms with Gasteiger partial charge in [-0.25, -0.2) is 4.98 Å².